The van der Waals surface area contributed by atoms with Crippen molar-refractivity contribution in [3.8, 4) is 17.3 Å². The van der Waals surface area contributed by atoms with Crippen LogP contribution >= 0.6 is 0 Å². The zero-order valence-electron chi connectivity index (χ0n) is 15.5. The van der Waals surface area contributed by atoms with E-state index in [1.54, 1.807) is 24.9 Å². The molecule has 0 unspecified atom stereocenters. The van der Waals surface area contributed by atoms with Crippen LogP contribution in [-0.2, 0) is 6.54 Å². The van der Waals surface area contributed by atoms with Crippen LogP contribution in [-0.4, -0.2) is 51.0 Å². The van der Waals surface area contributed by atoms with Crippen molar-refractivity contribution < 1.29 is 14.3 Å². The summed E-state index contributed by atoms with van der Waals surface area (Å²) in [5.41, 5.74) is 1.74. The van der Waals surface area contributed by atoms with Crippen LogP contribution < -0.4 is 15.0 Å². The van der Waals surface area contributed by atoms with Gasteiger partial charge in [0.1, 0.15) is 13.2 Å². The second-order valence-corrected chi connectivity index (χ2v) is 6.47. The Morgan fingerprint density at radius 2 is 2.00 bits per heavy atom. The maximum Gasteiger partial charge on any atom is 0.264 e. The highest BCUT2D eigenvalue weighted by Crippen LogP contribution is 2.31. The molecule has 28 heavy (non-hydrogen) atoms. The van der Waals surface area contributed by atoms with Gasteiger partial charge in [-0.1, -0.05) is 6.07 Å². The van der Waals surface area contributed by atoms with Crippen LogP contribution in [0.2, 0.25) is 0 Å². The molecule has 0 bridgehead atoms. The molecular formula is C19H19N5O4. The van der Waals surface area contributed by atoms with E-state index in [4.69, 9.17) is 9.47 Å². The molecule has 3 aromatic rings. The zero-order chi connectivity index (χ0) is 19.7. The van der Waals surface area contributed by atoms with Gasteiger partial charge in [-0.3, -0.25) is 9.59 Å². The summed E-state index contributed by atoms with van der Waals surface area (Å²) in [6, 6.07) is 8.56. The molecule has 144 valence electrons. The van der Waals surface area contributed by atoms with Gasteiger partial charge in [-0.2, -0.15) is 10.2 Å². The van der Waals surface area contributed by atoms with Crippen LogP contribution in [0.1, 0.15) is 21.6 Å². The van der Waals surface area contributed by atoms with Crippen molar-refractivity contribution in [2.45, 2.75) is 13.5 Å². The molecule has 0 aliphatic carbocycles. The van der Waals surface area contributed by atoms with E-state index in [-0.39, 0.29) is 11.5 Å². The van der Waals surface area contributed by atoms with Crippen LogP contribution in [0.15, 0.2) is 41.3 Å². The Balaban J connectivity index is 1.53. The van der Waals surface area contributed by atoms with Gasteiger partial charge in [0, 0.05) is 19.7 Å². The van der Waals surface area contributed by atoms with E-state index in [0.29, 0.717) is 42.6 Å². The molecule has 1 aliphatic rings. The summed E-state index contributed by atoms with van der Waals surface area (Å²) in [5, 5.41) is 10.5. The number of carbonyl (C=O) groups excluding carboxylic acids is 1. The Hall–Kier alpha value is -3.62. The van der Waals surface area contributed by atoms with Crippen LogP contribution in [0.25, 0.3) is 5.82 Å². The Labute approximate surface area is 160 Å². The topological polar surface area (TPSA) is 102 Å². The number of fused-ring (bicyclic) bond motifs is 1. The van der Waals surface area contributed by atoms with E-state index >= 15 is 0 Å². The second kappa shape index (κ2) is 7.18. The van der Waals surface area contributed by atoms with Crippen molar-refractivity contribution in [2.24, 2.45) is 0 Å². The molecule has 9 heteroatoms. The van der Waals surface area contributed by atoms with Crippen LogP contribution in [0.4, 0.5) is 0 Å². The predicted molar refractivity (Wildman–Crippen MR) is 99.9 cm³/mol. The molecule has 1 N–H and O–H groups in total. The van der Waals surface area contributed by atoms with E-state index in [2.05, 4.69) is 15.3 Å². The van der Waals surface area contributed by atoms with Gasteiger partial charge in [0.2, 0.25) is 0 Å². The third-order valence-electron chi connectivity index (χ3n) is 4.49. The van der Waals surface area contributed by atoms with Crippen molar-refractivity contribution in [3.63, 3.8) is 0 Å². The molecule has 1 aromatic carbocycles. The molecule has 9 nitrogen and oxygen atoms in total. The number of nitrogens with zero attached hydrogens (tertiary/aromatic N) is 4. The summed E-state index contributed by atoms with van der Waals surface area (Å²) in [6.45, 7) is 3.25. The van der Waals surface area contributed by atoms with Crippen molar-refractivity contribution in [3.05, 3.63) is 63.7 Å². The SMILES string of the molecule is Cc1c(C(=O)N(C)Cc2ccc3c(c2)OCCO3)cnn1-c1ccc(=O)[nH]n1. The normalized spacial score (nSPS) is 12.6. The van der Waals surface area contributed by atoms with Gasteiger partial charge in [-0.05, 0) is 30.7 Å². The van der Waals surface area contributed by atoms with Crippen molar-refractivity contribution >= 4 is 5.91 Å². The molecule has 0 saturated heterocycles. The predicted octanol–water partition coefficient (Wildman–Crippen LogP) is 1.31. The number of amides is 1. The highest BCUT2D eigenvalue weighted by Gasteiger charge is 2.20. The van der Waals surface area contributed by atoms with Gasteiger partial charge in [0.15, 0.2) is 17.3 Å². The summed E-state index contributed by atoms with van der Waals surface area (Å²) < 4.78 is 12.6. The van der Waals surface area contributed by atoms with Gasteiger partial charge < -0.3 is 14.4 Å². The molecular weight excluding hydrogens is 362 g/mol. The number of benzene rings is 1. The Kier molecular flexibility index (Phi) is 4.56. The number of carbonyl (C=O) groups is 1. The third kappa shape index (κ3) is 3.34. The highest BCUT2D eigenvalue weighted by atomic mass is 16.6. The number of rotatable bonds is 4. The molecule has 4 rings (SSSR count). The lowest BCUT2D eigenvalue weighted by atomic mass is 10.1. The number of hydrogen-bond donors (Lipinski definition) is 1. The minimum Gasteiger partial charge on any atom is -0.486 e. The van der Waals surface area contributed by atoms with E-state index in [9.17, 15) is 9.59 Å². The monoisotopic (exact) mass is 381 g/mol. The molecule has 2 aromatic heterocycles. The minimum atomic E-state index is -0.302. The third-order valence-corrected chi connectivity index (χ3v) is 4.49. The number of ether oxygens (including phenoxy) is 2. The lowest BCUT2D eigenvalue weighted by molar-refractivity contribution is 0.0784. The van der Waals surface area contributed by atoms with Crippen molar-refractivity contribution in [2.75, 3.05) is 20.3 Å². The maximum atomic E-state index is 12.9. The summed E-state index contributed by atoms with van der Waals surface area (Å²) in [5.74, 6) is 1.68. The van der Waals surface area contributed by atoms with Crippen LogP contribution in [0, 0.1) is 6.92 Å². The molecule has 0 spiro atoms. The molecule has 3 heterocycles. The van der Waals surface area contributed by atoms with Crippen LogP contribution in [0.3, 0.4) is 0 Å². The Bertz CT molecular complexity index is 1070. The molecule has 1 aliphatic heterocycles. The van der Waals surface area contributed by atoms with Gasteiger partial charge >= 0.3 is 0 Å². The smallest absolute Gasteiger partial charge is 0.264 e. The van der Waals surface area contributed by atoms with Gasteiger partial charge in [-0.15, -0.1) is 0 Å². The molecule has 0 fully saturated rings. The fourth-order valence-electron chi connectivity index (χ4n) is 3.04. The van der Waals surface area contributed by atoms with Crippen molar-refractivity contribution in [1.82, 2.24) is 24.9 Å². The fraction of sp³-hybridized carbons (Fsp3) is 0.263. The quantitative estimate of drug-likeness (QED) is 0.731. The number of hydrogen-bond acceptors (Lipinski definition) is 6. The van der Waals surface area contributed by atoms with Crippen LogP contribution in [0.5, 0.6) is 11.5 Å². The number of nitrogens with one attached hydrogen (secondary N) is 1. The first-order chi connectivity index (χ1) is 13.5. The molecule has 0 atom stereocenters. The minimum absolute atomic E-state index is 0.164. The van der Waals surface area contributed by atoms with E-state index in [1.807, 2.05) is 18.2 Å². The van der Waals surface area contributed by atoms with E-state index < -0.39 is 0 Å². The first-order valence-corrected chi connectivity index (χ1v) is 8.77. The number of H-pyrrole nitrogens is 1. The Morgan fingerprint density at radius 3 is 2.75 bits per heavy atom. The van der Waals surface area contributed by atoms with E-state index in [1.165, 1.54) is 16.9 Å². The van der Waals surface area contributed by atoms with E-state index in [0.717, 1.165) is 11.3 Å². The fourth-order valence-corrected chi connectivity index (χ4v) is 3.04. The largest absolute Gasteiger partial charge is 0.486 e. The zero-order valence-corrected chi connectivity index (χ0v) is 15.5. The summed E-state index contributed by atoms with van der Waals surface area (Å²) in [6.07, 6.45) is 1.50. The van der Waals surface area contributed by atoms with Gasteiger partial charge in [0.05, 0.1) is 17.5 Å². The van der Waals surface area contributed by atoms with Gasteiger partial charge in [-0.25, -0.2) is 9.78 Å². The number of aromatic amines is 1. The first-order valence-electron chi connectivity index (χ1n) is 8.77. The Morgan fingerprint density at radius 1 is 1.21 bits per heavy atom. The lowest BCUT2D eigenvalue weighted by Gasteiger charge is -2.21. The lowest BCUT2D eigenvalue weighted by Crippen LogP contribution is -2.26. The summed E-state index contributed by atoms with van der Waals surface area (Å²) in [4.78, 5) is 25.7. The van der Waals surface area contributed by atoms with Crippen molar-refractivity contribution in [1.29, 1.82) is 0 Å². The molecule has 1 amide bonds. The first kappa shape index (κ1) is 17.8. The standard InChI is InChI=1S/C19H19N5O4/c1-12-14(10-20-24(12)17-5-6-18(25)22-21-17)19(26)23(2)11-13-3-4-15-16(9-13)28-8-7-27-15/h3-6,9-10H,7-8,11H2,1-2H3,(H,22,25). The maximum absolute atomic E-state index is 12.9. The average Bonchev–Trinajstić information content (AvgIpc) is 3.09. The molecule has 0 saturated carbocycles. The second-order valence-electron chi connectivity index (χ2n) is 6.47. The van der Waals surface area contributed by atoms with Gasteiger partial charge in [0.25, 0.3) is 11.5 Å². The highest BCUT2D eigenvalue weighted by molar-refractivity contribution is 5.95. The number of aromatic nitrogens is 4. The molecule has 0 radical (unpaired) electrons. The average molecular weight is 381 g/mol. The summed E-state index contributed by atoms with van der Waals surface area (Å²) >= 11 is 0. The summed E-state index contributed by atoms with van der Waals surface area (Å²) in [7, 11) is 1.73.